The van der Waals surface area contributed by atoms with Gasteiger partial charge in [-0.2, -0.15) is 10.1 Å². The van der Waals surface area contributed by atoms with Crippen LogP contribution >= 0.6 is 0 Å². The Kier molecular flexibility index (Phi) is 5.05. The number of anilines is 3. The fourth-order valence-corrected chi connectivity index (χ4v) is 3.12. The van der Waals surface area contributed by atoms with Crippen molar-refractivity contribution in [3.63, 3.8) is 0 Å². The van der Waals surface area contributed by atoms with E-state index in [0.717, 1.165) is 11.5 Å². The van der Waals surface area contributed by atoms with E-state index in [0.29, 0.717) is 12.0 Å². The molecule has 122 valence electrons. The van der Waals surface area contributed by atoms with Crippen LogP contribution in [0.25, 0.3) is 0 Å². The zero-order valence-corrected chi connectivity index (χ0v) is 14.0. The van der Waals surface area contributed by atoms with Gasteiger partial charge in [0.15, 0.2) is 5.82 Å². The molecule has 0 radical (unpaired) electrons. The van der Waals surface area contributed by atoms with Crippen molar-refractivity contribution in [3.05, 3.63) is 35.5 Å². The van der Waals surface area contributed by atoms with Gasteiger partial charge in [-0.1, -0.05) is 43.4 Å². The van der Waals surface area contributed by atoms with Crippen LogP contribution in [0, 0.1) is 13.8 Å². The Morgan fingerprint density at radius 2 is 1.83 bits per heavy atom. The summed E-state index contributed by atoms with van der Waals surface area (Å²) in [6.07, 6.45) is 9.29. The highest BCUT2D eigenvalue weighted by atomic mass is 15.3. The number of rotatable bonds is 4. The van der Waals surface area contributed by atoms with Crippen LogP contribution in [0.4, 0.5) is 17.5 Å². The lowest BCUT2D eigenvalue weighted by Gasteiger charge is -2.16. The van der Waals surface area contributed by atoms with Crippen LogP contribution < -0.4 is 10.6 Å². The van der Waals surface area contributed by atoms with Crippen LogP contribution in [-0.4, -0.2) is 21.2 Å². The van der Waals surface area contributed by atoms with E-state index in [1.165, 1.54) is 49.7 Å². The molecule has 0 spiro atoms. The van der Waals surface area contributed by atoms with Crippen molar-refractivity contribution in [2.24, 2.45) is 0 Å². The van der Waals surface area contributed by atoms with E-state index in [4.69, 9.17) is 0 Å². The lowest BCUT2D eigenvalue weighted by atomic mass is 10.1. The number of benzene rings is 1. The number of nitrogens with one attached hydrogen (secondary N) is 2. The van der Waals surface area contributed by atoms with Gasteiger partial charge in [0, 0.05) is 11.7 Å². The Morgan fingerprint density at radius 3 is 2.57 bits per heavy atom. The average molecular weight is 311 g/mol. The average Bonchev–Trinajstić information content (AvgIpc) is 2.79. The molecule has 1 heterocycles. The molecule has 5 nitrogen and oxygen atoms in total. The first-order valence-electron chi connectivity index (χ1n) is 8.51. The maximum Gasteiger partial charge on any atom is 0.244 e. The highest BCUT2D eigenvalue weighted by molar-refractivity contribution is 5.60. The van der Waals surface area contributed by atoms with Gasteiger partial charge < -0.3 is 10.6 Å². The molecule has 5 heteroatoms. The summed E-state index contributed by atoms with van der Waals surface area (Å²) in [5.74, 6) is 1.34. The molecule has 0 unspecified atom stereocenters. The second kappa shape index (κ2) is 7.40. The summed E-state index contributed by atoms with van der Waals surface area (Å²) in [5.41, 5.74) is 3.50. The fourth-order valence-electron chi connectivity index (χ4n) is 3.12. The SMILES string of the molecule is Cc1ccc(Nc2cnnc(NC3CCCCCC3)n2)c(C)c1. The van der Waals surface area contributed by atoms with Crippen molar-refractivity contribution < 1.29 is 0 Å². The number of hydrogen-bond acceptors (Lipinski definition) is 5. The molecule has 0 aliphatic heterocycles. The molecule has 0 atom stereocenters. The van der Waals surface area contributed by atoms with E-state index in [9.17, 15) is 0 Å². The van der Waals surface area contributed by atoms with Gasteiger partial charge in [-0.25, -0.2) is 0 Å². The van der Waals surface area contributed by atoms with E-state index in [-0.39, 0.29) is 0 Å². The normalized spacial score (nSPS) is 15.9. The molecule has 3 rings (SSSR count). The van der Waals surface area contributed by atoms with Crippen molar-refractivity contribution >= 4 is 17.5 Å². The molecule has 2 N–H and O–H groups in total. The molecule has 2 aromatic rings. The van der Waals surface area contributed by atoms with Gasteiger partial charge in [0.1, 0.15) is 0 Å². The van der Waals surface area contributed by atoms with E-state index >= 15 is 0 Å². The second-order valence-electron chi connectivity index (χ2n) is 6.44. The maximum atomic E-state index is 4.56. The molecule has 1 aromatic heterocycles. The Hall–Kier alpha value is -2.17. The predicted molar refractivity (Wildman–Crippen MR) is 94.1 cm³/mol. The van der Waals surface area contributed by atoms with Crippen LogP contribution in [0.15, 0.2) is 24.4 Å². The van der Waals surface area contributed by atoms with E-state index in [2.05, 4.69) is 57.9 Å². The third kappa shape index (κ3) is 4.41. The van der Waals surface area contributed by atoms with Crippen molar-refractivity contribution in [3.8, 4) is 0 Å². The first-order valence-corrected chi connectivity index (χ1v) is 8.51. The lowest BCUT2D eigenvalue weighted by molar-refractivity contribution is 0.613. The fraction of sp³-hybridized carbons (Fsp3) is 0.500. The molecule has 23 heavy (non-hydrogen) atoms. The predicted octanol–water partition coefficient (Wildman–Crippen LogP) is 4.37. The van der Waals surface area contributed by atoms with E-state index < -0.39 is 0 Å². The van der Waals surface area contributed by atoms with Crippen molar-refractivity contribution in [1.29, 1.82) is 0 Å². The summed E-state index contributed by atoms with van der Waals surface area (Å²) >= 11 is 0. The molecular weight excluding hydrogens is 286 g/mol. The topological polar surface area (TPSA) is 62.7 Å². The molecule has 1 fully saturated rings. The smallest absolute Gasteiger partial charge is 0.244 e. The van der Waals surface area contributed by atoms with Crippen molar-refractivity contribution in [1.82, 2.24) is 15.2 Å². The number of aryl methyl sites for hydroxylation is 2. The maximum absolute atomic E-state index is 4.56. The zero-order chi connectivity index (χ0) is 16.1. The van der Waals surface area contributed by atoms with Crippen LogP contribution in [0.2, 0.25) is 0 Å². The molecule has 0 bridgehead atoms. The summed E-state index contributed by atoms with van der Waals surface area (Å²) in [5, 5.41) is 15.0. The standard InChI is InChI=1S/C18H25N5/c1-13-9-10-16(14(2)11-13)21-17-12-19-23-18(22-17)20-15-7-5-3-4-6-8-15/h9-12,15H,3-8H2,1-2H3,(H2,20,21,22,23). The highest BCUT2D eigenvalue weighted by Gasteiger charge is 2.13. The van der Waals surface area contributed by atoms with Gasteiger partial charge in [-0.05, 0) is 38.3 Å². The van der Waals surface area contributed by atoms with Crippen LogP contribution in [-0.2, 0) is 0 Å². The Balaban J connectivity index is 1.69. The summed E-state index contributed by atoms with van der Waals surface area (Å²) in [6, 6.07) is 6.79. The third-order valence-corrected chi connectivity index (χ3v) is 4.39. The first-order chi connectivity index (χ1) is 11.2. The van der Waals surface area contributed by atoms with Crippen LogP contribution in [0.3, 0.4) is 0 Å². The number of hydrogen-bond donors (Lipinski definition) is 2. The highest BCUT2D eigenvalue weighted by Crippen LogP contribution is 2.22. The van der Waals surface area contributed by atoms with Gasteiger partial charge in [0.25, 0.3) is 0 Å². The molecule has 1 saturated carbocycles. The zero-order valence-electron chi connectivity index (χ0n) is 14.0. The largest absolute Gasteiger partial charge is 0.350 e. The van der Waals surface area contributed by atoms with E-state index in [1.807, 2.05) is 0 Å². The molecule has 1 aliphatic carbocycles. The van der Waals surface area contributed by atoms with Gasteiger partial charge in [0.05, 0.1) is 6.20 Å². The number of aromatic nitrogens is 3. The molecular formula is C18H25N5. The Bertz CT molecular complexity index is 648. The van der Waals surface area contributed by atoms with Crippen molar-refractivity contribution in [2.75, 3.05) is 10.6 Å². The third-order valence-electron chi connectivity index (χ3n) is 4.39. The Morgan fingerprint density at radius 1 is 1.04 bits per heavy atom. The lowest BCUT2D eigenvalue weighted by Crippen LogP contribution is -2.20. The Labute approximate surface area is 137 Å². The number of nitrogens with zero attached hydrogens (tertiary/aromatic N) is 3. The minimum absolute atomic E-state index is 0.468. The summed E-state index contributed by atoms with van der Waals surface area (Å²) in [4.78, 5) is 4.56. The molecule has 0 amide bonds. The van der Waals surface area contributed by atoms with Crippen molar-refractivity contribution in [2.45, 2.75) is 58.4 Å². The first kappa shape index (κ1) is 15.7. The van der Waals surface area contributed by atoms with Crippen LogP contribution in [0.5, 0.6) is 0 Å². The monoisotopic (exact) mass is 311 g/mol. The van der Waals surface area contributed by atoms with Gasteiger partial charge >= 0.3 is 0 Å². The summed E-state index contributed by atoms with van der Waals surface area (Å²) < 4.78 is 0. The summed E-state index contributed by atoms with van der Waals surface area (Å²) in [7, 11) is 0. The van der Waals surface area contributed by atoms with Gasteiger partial charge in [-0.15, -0.1) is 5.10 Å². The molecule has 1 aromatic carbocycles. The second-order valence-corrected chi connectivity index (χ2v) is 6.44. The van der Waals surface area contributed by atoms with Gasteiger partial charge in [-0.3, -0.25) is 0 Å². The quantitative estimate of drug-likeness (QED) is 0.821. The van der Waals surface area contributed by atoms with Gasteiger partial charge in [0.2, 0.25) is 5.95 Å². The van der Waals surface area contributed by atoms with E-state index in [1.54, 1.807) is 6.20 Å². The molecule has 0 saturated heterocycles. The summed E-state index contributed by atoms with van der Waals surface area (Å²) in [6.45, 7) is 4.19. The molecule has 1 aliphatic rings. The minimum Gasteiger partial charge on any atom is -0.350 e. The van der Waals surface area contributed by atoms with Crippen LogP contribution in [0.1, 0.15) is 49.7 Å². The minimum atomic E-state index is 0.468.